The van der Waals surface area contributed by atoms with Crippen LogP contribution >= 0.6 is 11.3 Å². The van der Waals surface area contributed by atoms with E-state index in [-0.39, 0.29) is 12.0 Å². The van der Waals surface area contributed by atoms with E-state index in [1.807, 2.05) is 17.5 Å². The Labute approximate surface area is 81.7 Å². The molecule has 0 fully saturated rings. The molecule has 0 aliphatic rings. The van der Waals surface area contributed by atoms with E-state index in [2.05, 4.69) is 5.32 Å². The zero-order chi connectivity index (χ0) is 9.68. The Kier molecular flexibility index (Phi) is 3.76. The molecule has 0 saturated carbocycles. The molecule has 1 aromatic heterocycles. The van der Waals surface area contributed by atoms with Crippen LogP contribution in [0.1, 0.15) is 13.8 Å². The molecule has 0 aliphatic heterocycles. The molecule has 0 bridgehead atoms. The number of nitrogens with one attached hydrogen (secondary N) is 1. The first-order valence-electron chi connectivity index (χ1n) is 4.20. The van der Waals surface area contributed by atoms with Gasteiger partial charge in [0, 0.05) is 0 Å². The van der Waals surface area contributed by atoms with Gasteiger partial charge in [0.25, 0.3) is 0 Å². The lowest BCUT2D eigenvalue weighted by molar-refractivity contribution is -0.143. The summed E-state index contributed by atoms with van der Waals surface area (Å²) in [5, 5.41) is 6.00. The molecule has 1 N–H and O–H groups in total. The van der Waals surface area contributed by atoms with Crippen molar-refractivity contribution in [2.45, 2.75) is 19.9 Å². The summed E-state index contributed by atoms with van der Waals surface area (Å²) < 4.78 is 4.86. The molecule has 1 atom stereocenters. The Hall–Kier alpha value is -1.03. The van der Waals surface area contributed by atoms with Crippen molar-refractivity contribution < 1.29 is 9.53 Å². The van der Waals surface area contributed by atoms with Crippen LogP contribution in [0, 0.1) is 0 Å². The smallest absolute Gasteiger partial charge is 0.328 e. The average molecular weight is 199 g/mol. The highest BCUT2D eigenvalue weighted by Gasteiger charge is 2.13. The second-order valence-electron chi connectivity index (χ2n) is 2.60. The number of carbonyl (C=O) groups excluding carboxylic acids is 1. The Morgan fingerprint density at radius 3 is 3.08 bits per heavy atom. The zero-order valence-electron chi connectivity index (χ0n) is 7.74. The van der Waals surface area contributed by atoms with Crippen molar-refractivity contribution in [1.82, 2.24) is 0 Å². The summed E-state index contributed by atoms with van der Waals surface area (Å²) in [6, 6.07) is 3.59. The van der Waals surface area contributed by atoms with E-state index in [1.54, 1.807) is 25.2 Å². The molecular weight excluding hydrogens is 186 g/mol. The normalized spacial score (nSPS) is 12.2. The van der Waals surface area contributed by atoms with Crippen LogP contribution in [0.3, 0.4) is 0 Å². The topological polar surface area (TPSA) is 38.3 Å². The summed E-state index contributed by atoms with van der Waals surface area (Å²) in [5.41, 5.74) is 0. The molecule has 4 heteroatoms. The van der Waals surface area contributed by atoms with Crippen LogP contribution in [0.15, 0.2) is 17.5 Å². The van der Waals surface area contributed by atoms with Gasteiger partial charge in [0.2, 0.25) is 0 Å². The lowest BCUT2D eigenvalue weighted by Gasteiger charge is -2.11. The first-order chi connectivity index (χ1) is 6.24. The number of thiophene rings is 1. The van der Waals surface area contributed by atoms with Crippen molar-refractivity contribution >= 4 is 22.3 Å². The third-order valence-electron chi connectivity index (χ3n) is 1.52. The third kappa shape index (κ3) is 3.06. The maximum absolute atomic E-state index is 11.2. The van der Waals surface area contributed by atoms with Gasteiger partial charge >= 0.3 is 5.97 Å². The van der Waals surface area contributed by atoms with Crippen LogP contribution in [-0.4, -0.2) is 18.6 Å². The van der Waals surface area contributed by atoms with Gasteiger partial charge in [-0.1, -0.05) is 0 Å². The van der Waals surface area contributed by atoms with Crippen LogP contribution in [0.4, 0.5) is 5.00 Å². The number of esters is 1. The molecule has 1 rings (SSSR count). The number of rotatable bonds is 4. The summed E-state index contributed by atoms with van der Waals surface area (Å²) >= 11 is 1.57. The fourth-order valence-electron chi connectivity index (χ4n) is 0.900. The quantitative estimate of drug-likeness (QED) is 0.755. The van der Waals surface area contributed by atoms with Gasteiger partial charge < -0.3 is 10.1 Å². The van der Waals surface area contributed by atoms with E-state index in [9.17, 15) is 4.79 Å². The van der Waals surface area contributed by atoms with Gasteiger partial charge in [0.15, 0.2) is 0 Å². The Bertz CT molecular complexity index is 259. The van der Waals surface area contributed by atoms with E-state index < -0.39 is 0 Å². The highest BCUT2D eigenvalue weighted by Crippen LogP contribution is 2.16. The summed E-state index contributed by atoms with van der Waals surface area (Å²) in [6.45, 7) is 4.02. The predicted molar refractivity (Wildman–Crippen MR) is 54.0 cm³/mol. The van der Waals surface area contributed by atoms with Crippen LogP contribution in [0.5, 0.6) is 0 Å². The van der Waals surface area contributed by atoms with Gasteiger partial charge in [-0.05, 0) is 31.4 Å². The van der Waals surface area contributed by atoms with Crippen LogP contribution in [0.2, 0.25) is 0 Å². The number of anilines is 1. The van der Waals surface area contributed by atoms with E-state index >= 15 is 0 Å². The molecule has 0 aromatic carbocycles. The number of hydrogen-bond acceptors (Lipinski definition) is 4. The van der Waals surface area contributed by atoms with Crippen molar-refractivity contribution in [2.75, 3.05) is 11.9 Å². The van der Waals surface area contributed by atoms with Gasteiger partial charge in [-0.3, -0.25) is 0 Å². The molecule has 1 heterocycles. The fraction of sp³-hybridized carbons (Fsp3) is 0.444. The molecule has 0 saturated heterocycles. The lowest BCUT2D eigenvalue weighted by atomic mass is 10.3. The summed E-state index contributed by atoms with van der Waals surface area (Å²) in [5.74, 6) is -0.212. The lowest BCUT2D eigenvalue weighted by Crippen LogP contribution is -2.27. The van der Waals surface area contributed by atoms with Crippen molar-refractivity contribution in [3.05, 3.63) is 17.5 Å². The molecule has 0 aliphatic carbocycles. The molecular formula is C9H13NO2S. The SMILES string of the molecule is CCOC(=O)C(C)Nc1cccs1. The molecule has 0 amide bonds. The first kappa shape index (κ1) is 10.1. The van der Waals surface area contributed by atoms with Gasteiger partial charge in [-0.2, -0.15) is 0 Å². The van der Waals surface area contributed by atoms with E-state index in [4.69, 9.17) is 4.74 Å². The summed E-state index contributed by atoms with van der Waals surface area (Å²) in [4.78, 5) is 11.2. The second kappa shape index (κ2) is 4.87. The Balaban J connectivity index is 2.41. The third-order valence-corrected chi connectivity index (χ3v) is 2.32. The standard InChI is InChI=1S/C9H13NO2S/c1-3-12-9(11)7(2)10-8-5-4-6-13-8/h4-7,10H,3H2,1-2H3. The fourth-order valence-corrected chi connectivity index (χ4v) is 1.61. The van der Waals surface area contributed by atoms with Crippen LogP contribution < -0.4 is 5.32 Å². The minimum atomic E-state index is -0.279. The molecule has 1 unspecified atom stereocenters. The van der Waals surface area contributed by atoms with E-state index in [0.717, 1.165) is 5.00 Å². The Morgan fingerprint density at radius 1 is 1.77 bits per heavy atom. The molecule has 3 nitrogen and oxygen atoms in total. The maximum Gasteiger partial charge on any atom is 0.328 e. The second-order valence-corrected chi connectivity index (χ2v) is 3.54. The largest absolute Gasteiger partial charge is 0.464 e. The highest BCUT2D eigenvalue weighted by molar-refractivity contribution is 7.14. The van der Waals surface area contributed by atoms with Gasteiger partial charge in [-0.25, -0.2) is 4.79 Å². The molecule has 1 aromatic rings. The number of hydrogen-bond donors (Lipinski definition) is 1. The first-order valence-corrected chi connectivity index (χ1v) is 5.08. The van der Waals surface area contributed by atoms with Gasteiger partial charge in [0.1, 0.15) is 6.04 Å². The molecule has 72 valence electrons. The van der Waals surface area contributed by atoms with Crippen molar-refractivity contribution in [3.63, 3.8) is 0 Å². The average Bonchev–Trinajstić information content (AvgIpc) is 2.57. The van der Waals surface area contributed by atoms with Crippen molar-refractivity contribution in [3.8, 4) is 0 Å². The minimum absolute atomic E-state index is 0.212. The predicted octanol–water partition coefficient (Wildman–Crippen LogP) is 2.11. The van der Waals surface area contributed by atoms with Crippen LogP contribution in [-0.2, 0) is 9.53 Å². The number of ether oxygens (including phenoxy) is 1. The summed E-state index contributed by atoms with van der Waals surface area (Å²) in [6.07, 6.45) is 0. The summed E-state index contributed by atoms with van der Waals surface area (Å²) in [7, 11) is 0. The number of carbonyl (C=O) groups is 1. The van der Waals surface area contributed by atoms with Crippen molar-refractivity contribution in [2.24, 2.45) is 0 Å². The van der Waals surface area contributed by atoms with Gasteiger partial charge in [-0.15, -0.1) is 11.3 Å². The molecule has 0 spiro atoms. The van der Waals surface area contributed by atoms with E-state index in [0.29, 0.717) is 6.61 Å². The van der Waals surface area contributed by atoms with E-state index in [1.165, 1.54) is 0 Å². The van der Waals surface area contributed by atoms with Crippen molar-refractivity contribution in [1.29, 1.82) is 0 Å². The van der Waals surface area contributed by atoms with Gasteiger partial charge in [0.05, 0.1) is 11.6 Å². The zero-order valence-corrected chi connectivity index (χ0v) is 8.56. The highest BCUT2D eigenvalue weighted by atomic mass is 32.1. The Morgan fingerprint density at radius 2 is 2.54 bits per heavy atom. The molecule has 13 heavy (non-hydrogen) atoms. The van der Waals surface area contributed by atoms with Crippen LogP contribution in [0.25, 0.3) is 0 Å². The molecule has 0 radical (unpaired) electrons. The minimum Gasteiger partial charge on any atom is -0.464 e. The monoisotopic (exact) mass is 199 g/mol. The maximum atomic E-state index is 11.2.